The normalized spacial score (nSPS) is 11.1. The quantitative estimate of drug-likeness (QED) is 0.431. The minimum Gasteiger partial charge on any atom is -0.359 e. The molecule has 2 aromatic heterocycles. The zero-order valence-corrected chi connectivity index (χ0v) is 14.0. The summed E-state index contributed by atoms with van der Waals surface area (Å²) < 4.78 is 1.77. The molecule has 2 N–H and O–H groups in total. The van der Waals surface area contributed by atoms with Crippen LogP contribution in [0.4, 0.5) is 11.4 Å². The SMILES string of the molecule is Cc1cc2cc(NC(=O)Cn3ccc4cc([N+](=O)[O-])ccc43)ccc2[nH]1. The van der Waals surface area contributed by atoms with E-state index in [1.807, 2.05) is 31.2 Å². The van der Waals surface area contributed by atoms with Gasteiger partial charge in [0.1, 0.15) is 6.54 Å². The van der Waals surface area contributed by atoms with E-state index in [1.54, 1.807) is 22.9 Å². The molecule has 0 unspecified atom stereocenters. The number of carbonyl (C=O) groups is 1. The lowest BCUT2D eigenvalue weighted by Crippen LogP contribution is -2.18. The number of nitrogens with one attached hydrogen (secondary N) is 2. The summed E-state index contributed by atoms with van der Waals surface area (Å²) in [5.74, 6) is -0.160. The number of nitrogens with zero attached hydrogens (tertiary/aromatic N) is 2. The van der Waals surface area contributed by atoms with Gasteiger partial charge in [-0.1, -0.05) is 0 Å². The number of aryl methyl sites for hydroxylation is 1. The molecule has 0 saturated carbocycles. The number of nitro groups is 1. The van der Waals surface area contributed by atoms with E-state index in [2.05, 4.69) is 10.3 Å². The summed E-state index contributed by atoms with van der Waals surface area (Å²) in [7, 11) is 0. The average molecular weight is 348 g/mol. The number of fused-ring (bicyclic) bond motifs is 2. The van der Waals surface area contributed by atoms with Crippen molar-refractivity contribution in [3.05, 3.63) is 70.5 Å². The van der Waals surface area contributed by atoms with Crippen molar-refractivity contribution in [3.8, 4) is 0 Å². The molecular weight excluding hydrogens is 332 g/mol. The molecule has 0 radical (unpaired) electrons. The van der Waals surface area contributed by atoms with Crippen molar-refractivity contribution in [2.24, 2.45) is 0 Å². The molecule has 0 aliphatic carbocycles. The van der Waals surface area contributed by atoms with Gasteiger partial charge in [0.25, 0.3) is 5.69 Å². The molecule has 0 spiro atoms. The van der Waals surface area contributed by atoms with Gasteiger partial charge in [0.05, 0.1) is 4.92 Å². The Morgan fingerprint density at radius 1 is 1.15 bits per heavy atom. The van der Waals surface area contributed by atoms with E-state index < -0.39 is 4.92 Å². The van der Waals surface area contributed by atoms with E-state index in [0.29, 0.717) is 0 Å². The predicted octanol–water partition coefficient (Wildman–Crippen LogP) is 3.98. The van der Waals surface area contributed by atoms with Gasteiger partial charge in [-0.25, -0.2) is 0 Å². The number of amides is 1. The van der Waals surface area contributed by atoms with Crippen LogP contribution in [0.2, 0.25) is 0 Å². The predicted molar refractivity (Wildman–Crippen MR) is 100 cm³/mol. The lowest BCUT2D eigenvalue weighted by Gasteiger charge is -2.08. The molecule has 2 heterocycles. The van der Waals surface area contributed by atoms with E-state index in [1.165, 1.54) is 12.1 Å². The molecule has 0 aliphatic heterocycles. The van der Waals surface area contributed by atoms with Gasteiger partial charge in [-0.05, 0) is 43.3 Å². The Bertz CT molecular complexity index is 1160. The number of non-ortho nitro benzene ring substituents is 1. The van der Waals surface area contributed by atoms with E-state index in [-0.39, 0.29) is 18.1 Å². The summed E-state index contributed by atoms with van der Waals surface area (Å²) >= 11 is 0. The third-order valence-electron chi connectivity index (χ3n) is 4.32. The first-order valence-electron chi connectivity index (χ1n) is 8.12. The number of benzene rings is 2. The van der Waals surface area contributed by atoms with Crippen LogP contribution in [0.15, 0.2) is 54.7 Å². The Hall–Kier alpha value is -3.61. The maximum absolute atomic E-state index is 12.4. The molecular formula is C19H16N4O3. The number of nitro benzene ring substituents is 1. The van der Waals surface area contributed by atoms with Crippen LogP contribution >= 0.6 is 0 Å². The van der Waals surface area contributed by atoms with Gasteiger partial charge in [-0.15, -0.1) is 0 Å². The van der Waals surface area contributed by atoms with Crippen LogP contribution < -0.4 is 5.32 Å². The average Bonchev–Trinajstić information content (AvgIpc) is 3.16. The zero-order valence-electron chi connectivity index (χ0n) is 14.0. The molecule has 4 aromatic rings. The maximum atomic E-state index is 12.4. The topological polar surface area (TPSA) is 93.0 Å². The van der Waals surface area contributed by atoms with Crippen LogP contribution in [-0.2, 0) is 11.3 Å². The number of carbonyl (C=O) groups excluding carboxylic acids is 1. The van der Waals surface area contributed by atoms with Crippen molar-refractivity contribution in [2.45, 2.75) is 13.5 Å². The lowest BCUT2D eigenvalue weighted by atomic mass is 10.2. The first kappa shape index (κ1) is 15.9. The van der Waals surface area contributed by atoms with Gasteiger partial charge in [0.15, 0.2) is 0 Å². The number of rotatable bonds is 4. The number of hydrogen-bond donors (Lipinski definition) is 2. The molecule has 0 fully saturated rings. The van der Waals surface area contributed by atoms with Crippen LogP contribution in [0.5, 0.6) is 0 Å². The minimum atomic E-state index is -0.428. The van der Waals surface area contributed by atoms with Crippen molar-refractivity contribution in [1.82, 2.24) is 9.55 Å². The first-order chi connectivity index (χ1) is 12.5. The van der Waals surface area contributed by atoms with Crippen LogP contribution in [0.1, 0.15) is 5.69 Å². The zero-order chi connectivity index (χ0) is 18.3. The number of anilines is 1. The molecule has 4 rings (SSSR count). The van der Waals surface area contributed by atoms with Crippen LogP contribution in [-0.4, -0.2) is 20.4 Å². The first-order valence-corrected chi connectivity index (χ1v) is 8.12. The summed E-state index contributed by atoms with van der Waals surface area (Å²) in [6.07, 6.45) is 1.76. The second-order valence-corrected chi connectivity index (χ2v) is 6.25. The molecule has 7 heteroatoms. The van der Waals surface area contributed by atoms with Crippen LogP contribution in [0.25, 0.3) is 21.8 Å². The third kappa shape index (κ3) is 2.90. The molecule has 7 nitrogen and oxygen atoms in total. The van der Waals surface area contributed by atoms with E-state index in [4.69, 9.17) is 0 Å². The smallest absolute Gasteiger partial charge is 0.270 e. The standard InChI is InChI=1S/C19H16N4O3/c1-12-8-14-9-15(2-4-17(14)20-12)21-19(24)11-22-7-6-13-10-16(23(25)26)3-5-18(13)22/h2-10,20H,11H2,1H3,(H,21,24). The molecule has 0 bridgehead atoms. The van der Waals surface area contributed by atoms with Gasteiger partial charge in [0, 0.05) is 51.5 Å². The highest BCUT2D eigenvalue weighted by Crippen LogP contribution is 2.23. The molecule has 0 saturated heterocycles. The van der Waals surface area contributed by atoms with Gasteiger partial charge >= 0.3 is 0 Å². The fourth-order valence-corrected chi connectivity index (χ4v) is 3.15. The van der Waals surface area contributed by atoms with E-state index in [0.717, 1.165) is 33.2 Å². The van der Waals surface area contributed by atoms with Crippen molar-refractivity contribution in [2.75, 3.05) is 5.32 Å². The van der Waals surface area contributed by atoms with Crippen molar-refractivity contribution in [1.29, 1.82) is 0 Å². The van der Waals surface area contributed by atoms with Crippen LogP contribution in [0, 0.1) is 17.0 Å². The fourth-order valence-electron chi connectivity index (χ4n) is 3.15. The molecule has 130 valence electrons. The van der Waals surface area contributed by atoms with Gasteiger partial charge in [-0.2, -0.15) is 0 Å². The Kier molecular flexibility index (Phi) is 3.69. The molecule has 2 aromatic carbocycles. The Morgan fingerprint density at radius 3 is 2.81 bits per heavy atom. The summed E-state index contributed by atoms with van der Waals surface area (Å²) in [5, 5.41) is 15.5. The van der Waals surface area contributed by atoms with E-state index in [9.17, 15) is 14.9 Å². The van der Waals surface area contributed by atoms with Gasteiger partial charge in [0.2, 0.25) is 5.91 Å². The largest absolute Gasteiger partial charge is 0.359 e. The summed E-state index contributed by atoms with van der Waals surface area (Å²) in [6, 6.07) is 14.1. The summed E-state index contributed by atoms with van der Waals surface area (Å²) in [6.45, 7) is 2.12. The molecule has 26 heavy (non-hydrogen) atoms. The third-order valence-corrected chi connectivity index (χ3v) is 4.32. The molecule has 0 atom stereocenters. The highest BCUT2D eigenvalue weighted by Gasteiger charge is 2.11. The van der Waals surface area contributed by atoms with Crippen molar-refractivity contribution in [3.63, 3.8) is 0 Å². The number of aromatic nitrogens is 2. The summed E-state index contributed by atoms with van der Waals surface area (Å²) in [5.41, 5.74) is 3.64. The highest BCUT2D eigenvalue weighted by atomic mass is 16.6. The fraction of sp³-hybridized carbons (Fsp3) is 0.105. The highest BCUT2D eigenvalue weighted by molar-refractivity contribution is 5.95. The van der Waals surface area contributed by atoms with Gasteiger partial charge < -0.3 is 14.9 Å². The molecule has 0 aliphatic rings. The number of H-pyrrole nitrogens is 1. The monoisotopic (exact) mass is 348 g/mol. The Morgan fingerprint density at radius 2 is 2.00 bits per heavy atom. The lowest BCUT2D eigenvalue weighted by molar-refractivity contribution is -0.384. The van der Waals surface area contributed by atoms with Crippen LogP contribution in [0.3, 0.4) is 0 Å². The maximum Gasteiger partial charge on any atom is 0.270 e. The van der Waals surface area contributed by atoms with Crippen molar-refractivity contribution < 1.29 is 9.72 Å². The molecule has 1 amide bonds. The van der Waals surface area contributed by atoms with E-state index >= 15 is 0 Å². The van der Waals surface area contributed by atoms with Crippen molar-refractivity contribution >= 4 is 39.1 Å². The second kappa shape index (κ2) is 6.03. The Balaban J connectivity index is 1.53. The Labute approximate surface area is 148 Å². The number of hydrogen-bond acceptors (Lipinski definition) is 3. The number of aromatic amines is 1. The minimum absolute atomic E-state index is 0.0369. The second-order valence-electron chi connectivity index (χ2n) is 6.25. The van der Waals surface area contributed by atoms with Gasteiger partial charge in [-0.3, -0.25) is 14.9 Å². The summed E-state index contributed by atoms with van der Waals surface area (Å²) in [4.78, 5) is 26.1.